The molecule has 0 spiro atoms. The Morgan fingerprint density at radius 3 is 0.772 bits per heavy atom. The predicted molar refractivity (Wildman–Crippen MR) is 372 cm³/mol. The number of esters is 4. The molecule has 3 N–H and O–H groups in total. The molecule has 4 unspecified atom stereocenters. The van der Waals surface area contributed by atoms with Gasteiger partial charge in [-0.25, -0.2) is 9.13 Å². The largest absolute Gasteiger partial charge is 0.472 e. The molecule has 0 aliphatic rings. The normalized spacial score (nSPS) is 14.8. The number of ether oxygens (including phenoxy) is 4. The number of rotatable bonds is 70. The van der Waals surface area contributed by atoms with Crippen molar-refractivity contribution in [2.75, 3.05) is 39.6 Å². The lowest BCUT2D eigenvalue weighted by atomic mass is 9.99. The summed E-state index contributed by atoms with van der Waals surface area (Å²) in [6, 6.07) is 0. The van der Waals surface area contributed by atoms with E-state index in [4.69, 9.17) is 37.0 Å². The molecule has 7 atom stereocenters. The van der Waals surface area contributed by atoms with Crippen LogP contribution in [0.5, 0.6) is 0 Å². The van der Waals surface area contributed by atoms with Gasteiger partial charge in [0.2, 0.25) is 0 Å². The molecule has 0 aromatic carbocycles. The Morgan fingerprint density at radius 2 is 0.522 bits per heavy atom. The van der Waals surface area contributed by atoms with E-state index in [1.165, 1.54) is 161 Å². The lowest BCUT2D eigenvalue weighted by Crippen LogP contribution is -2.30. The highest BCUT2D eigenvalue weighted by molar-refractivity contribution is 7.47. The third-order valence-corrected chi connectivity index (χ3v) is 19.4. The standard InChI is InChI=1S/C73H142O17P2/c1-9-65(7)51-43-35-27-21-17-18-24-30-40-48-56-73(78)89-68(59-83-70(75)53-45-37-28-22-15-11-13-19-25-33-41-49-63(3)4)61-87-91(79,80)85-57-67(74)58-86-92(81,82)88-62-69(60-84-71(76)54-46-38-32-31-36-44-52-66(8)10-2)90-72(77)55-47-39-29-23-16-12-14-20-26-34-42-50-64(5)6/h63-69,74H,9-62H2,1-8H3,(H,79,80)(H,81,82)/t65?,66?,67-,68-,69-/m1/s1. The fourth-order valence-electron chi connectivity index (χ4n) is 11.0. The third kappa shape index (κ3) is 64.1. The van der Waals surface area contributed by atoms with Crippen LogP contribution < -0.4 is 0 Å². The molecule has 0 heterocycles. The van der Waals surface area contributed by atoms with Crippen LogP contribution in [0.2, 0.25) is 0 Å². The maximum absolute atomic E-state index is 13.1. The first-order valence-electron chi connectivity index (χ1n) is 37.8. The summed E-state index contributed by atoms with van der Waals surface area (Å²) in [6.07, 6.45) is 45.7. The van der Waals surface area contributed by atoms with E-state index in [0.717, 1.165) is 120 Å². The molecule has 0 saturated heterocycles. The van der Waals surface area contributed by atoms with Gasteiger partial charge in [-0.05, 0) is 49.4 Å². The smallest absolute Gasteiger partial charge is 0.462 e. The SMILES string of the molecule is CCC(C)CCCCCCCCCCCCC(=O)O[C@H](COC(=O)CCCCCCCCCCCCCC(C)C)COP(=O)(O)OC[C@@H](O)COP(=O)(O)OC[C@@H](COC(=O)CCCCCCCCC(C)CC)OC(=O)CCCCCCCCCCCCCC(C)C. The molecule has 0 aromatic heterocycles. The van der Waals surface area contributed by atoms with E-state index in [2.05, 4.69) is 55.4 Å². The van der Waals surface area contributed by atoms with Crippen molar-refractivity contribution in [3.63, 3.8) is 0 Å². The molecule has 0 aromatic rings. The second-order valence-corrected chi connectivity index (χ2v) is 30.7. The molecular weight excluding hydrogens is 1210 g/mol. The van der Waals surface area contributed by atoms with Crippen LogP contribution in [0.15, 0.2) is 0 Å². The van der Waals surface area contributed by atoms with Crippen molar-refractivity contribution < 1.29 is 80.2 Å². The van der Waals surface area contributed by atoms with Gasteiger partial charge in [-0.2, -0.15) is 0 Å². The summed E-state index contributed by atoms with van der Waals surface area (Å²) >= 11 is 0. The summed E-state index contributed by atoms with van der Waals surface area (Å²) in [5.41, 5.74) is 0. The fraction of sp³-hybridized carbons (Fsp3) is 0.945. The highest BCUT2D eigenvalue weighted by Crippen LogP contribution is 2.45. The minimum atomic E-state index is -4.96. The number of hydrogen-bond donors (Lipinski definition) is 3. The molecule has 0 fully saturated rings. The zero-order valence-electron chi connectivity index (χ0n) is 60.2. The molecule has 19 heteroatoms. The van der Waals surface area contributed by atoms with Crippen LogP contribution in [0.25, 0.3) is 0 Å². The van der Waals surface area contributed by atoms with Crippen molar-refractivity contribution in [1.82, 2.24) is 0 Å². The summed E-state index contributed by atoms with van der Waals surface area (Å²) in [4.78, 5) is 72.7. The van der Waals surface area contributed by atoms with Crippen molar-refractivity contribution in [1.29, 1.82) is 0 Å². The Bertz CT molecular complexity index is 1820. The van der Waals surface area contributed by atoms with E-state index in [9.17, 15) is 43.2 Å². The summed E-state index contributed by atoms with van der Waals surface area (Å²) in [7, 11) is -9.91. The van der Waals surface area contributed by atoms with Crippen LogP contribution in [0.3, 0.4) is 0 Å². The van der Waals surface area contributed by atoms with Crippen LogP contribution in [-0.2, 0) is 65.4 Å². The van der Waals surface area contributed by atoms with Crippen molar-refractivity contribution in [2.24, 2.45) is 23.7 Å². The van der Waals surface area contributed by atoms with Crippen LogP contribution in [-0.4, -0.2) is 96.7 Å². The third-order valence-electron chi connectivity index (χ3n) is 17.5. The highest BCUT2D eigenvalue weighted by atomic mass is 31.2. The Labute approximate surface area is 562 Å². The van der Waals surface area contributed by atoms with Crippen LogP contribution in [0.1, 0.15) is 364 Å². The van der Waals surface area contributed by atoms with Crippen molar-refractivity contribution in [3.05, 3.63) is 0 Å². The van der Waals surface area contributed by atoms with Crippen molar-refractivity contribution in [3.8, 4) is 0 Å². The number of aliphatic hydroxyl groups is 1. The number of carbonyl (C=O) groups excluding carboxylic acids is 4. The maximum Gasteiger partial charge on any atom is 0.472 e. The van der Waals surface area contributed by atoms with Gasteiger partial charge in [0.05, 0.1) is 26.4 Å². The van der Waals surface area contributed by atoms with Crippen molar-refractivity contribution >= 4 is 39.5 Å². The van der Waals surface area contributed by atoms with Crippen LogP contribution in [0.4, 0.5) is 0 Å². The molecular formula is C73H142O17P2. The molecule has 92 heavy (non-hydrogen) atoms. The van der Waals surface area contributed by atoms with Crippen LogP contribution in [0, 0.1) is 23.7 Å². The number of phosphoric acid groups is 2. The molecule has 0 aliphatic heterocycles. The molecule has 17 nitrogen and oxygen atoms in total. The number of unbranched alkanes of at least 4 members (excludes halogenated alkanes) is 34. The first-order chi connectivity index (χ1) is 44.2. The number of aliphatic hydroxyl groups excluding tert-OH is 1. The Morgan fingerprint density at radius 1 is 0.304 bits per heavy atom. The molecule has 0 radical (unpaired) electrons. The summed E-state index contributed by atoms with van der Waals surface area (Å²) < 4.78 is 68.4. The van der Waals surface area contributed by atoms with Gasteiger partial charge in [0.1, 0.15) is 19.3 Å². The van der Waals surface area contributed by atoms with Gasteiger partial charge in [0.25, 0.3) is 0 Å². The van der Waals surface area contributed by atoms with Gasteiger partial charge in [-0.3, -0.25) is 37.3 Å². The Hall–Kier alpha value is -1.94. The Balaban J connectivity index is 5.27. The van der Waals surface area contributed by atoms with Gasteiger partial charge in [0, 0.05) is 25.7 Å². The summed E-state index contributed by atoms with van der Waals surface area (Å²) in [5, 5.41) is 10.6. The minimum Gasteiger partial charge on any atom is -0.462 e. The van der Waals surface area contributed by atoms with Gasteiger partial charge < -0.3 is 33.8 Å². The highest BCUT2D eigenvalue weighted by Gasteiger charge is 2.30. The molecule has 0 bridgehead atoms. The second-order valence-electron chi connectivity index (χ2n) is 27.8. The summed E-state index contributed by atoms with van der Waals surface area (Å²) in [6.45, 7) is 14.2. The lowest BCUT2D eigenvalue weighted by molar-refractivity contribution is -0.161. The van der Waals surface area contributed by atoms with E-state index in [1.54, 1.807) is 0 Å². The zero-order chi connectivity index (χ0) is 68.2. The zero-order valence-corrected chi connectivity index (χ0v) is 62.0. The van der Waals surface area contributed by atoms with Gasteiger partial charge in [0.15, 0.2) is 12.2 Å². The van der Waals surface area contributed by atoms with Gasteiger partial charge in [-0.1, -0.05) is 312 Å². The number of phosphoric ester groups is 2. The topological polar surface area (TPSA) is 237 Å². The van der Waals surface area contributed by atoms with Crippen LogP contribution >= 0.6 is 15.6 Å². The first-order valence-corrected chi connectivity index (χ1v) is 40.8. The second kappa shape index (κ2) is 62.6. The van der Waals surface area contributed by atoms with E-state index >= 15 is 0 Å². The van der Waals surface area contributed by atoms with E-state index in [0.29, 0.717) is 25.7 Å². The maximum atomic E-state index is 13.1. The van der Waals surface area contributed by atoms with E-state index < -0.39 is 97.5 Å². The fourth-order valence-corrected chi connectivity index (χ4v) is 12.5. The molecule has 546 valence electrons. The minimum absolute atomic E-state index is 0.105. The van der Waals surface area contributed by atoms with E-state index in [-0.39, 0.29) is 25.7 Å². The monoisotopic (exact) mass is 1350 g/mol. The lowest BCUT2D eigenvalue weighted by Gasteiger charge is -2.21. The average Bonchev–Trinajstić information content (AvgIpc) is 2.85. The molecule has 0 saturated carbocycles. The number of hydrogen-bond acceptors (Lipinski definition) is 15. The van der Waals surface area contributed by atoms with Gasteiger partial charge in [-0.15, -0.1) is 0 Å². The quantitative estimate of drug-likeness (QED) is 0.0222. The molecule has 0 rings (SSSR count). The van der Waals surface area contributed by atoms with Gasteiger partial charge >= 0.3 is 39.5 Å². The predicted octanol–water partition coefficient (Wildman–Crippen LogP) is 20.9. The van der Waals surface area contributed by atoms with Crippen molar-refractivity contribution in [2.45, 2.75) is 382 Å². The van der Waals surface area contributed by atoms with E-state index in [1.807, 2.05) is 0 Å². The average molecular weight is 1350 g/mol. The summed E-state index contributed by atoms with van der Waals surface area (Å²) in [5.74, 6) is 0.945. The molecule has 0 aliphatic carbocycles. The number of carbonyl (C=O) groups is 4. The first kappa shape index (κ1) is 90.1. The molecule has 0 amide bonds. The Kier molecular flexibility index (Phi) is 61.3.